The Balaban J connectivity index is 2.38. The van der Waals surface area contributed by atoms with Gasteiger partial charge in [0, 0.05) is 24.9 Å². The minimum atomic E-state index is -0.451. The lowest BCUT2D eigenvalue weighted by atomic mass is 10.1. The normalized spacial score (nSPS) is 10.2. The Kier molecular flexibility index (Phi) is 4.24. The van der Waals surface area contributed by atoms with Gasteiger partial charge in [0.25, 0.3) is 5.91 Å². The van der Waals surface area contributed by atoms with Crippen LogP contribution in [-0.4, -0.2) is 13.0 Å². The molecule has 0 saturated carbocycles. The van der Waals surface area contributed by atoms with Crippen molar-refractivity contribution in [1.29, 1.82) is 0 Å². The van der Waals surface area contributed by atoms with Crippen LogP contribution < -0.4 is 15.8 Å². The standard InChI is InChI=1S/C14H12BrFN2O2/c1-18-14(19)10-4-2-8(17)6-13(10)20-9-3-5-11(15)12(16)7-9/h2-7H,17H2,1H3,(H,18,19). The highest BCUT2D eigenvalue weighted by Gasteiger charge is 2.13. The van der Waals surface area contributed by atoms with Crippen LogP contribution in [0.2, 0.25) is 0 Å². The van der Waals surface area contributed by atoms with Crippen molar-refractivity contribution in [2.45, 2.75) is 0 Å². The zero-order chi connectivity index (χ0) is 14.7. The fraction of sp³-hybridized carbons (Fsp3) is 0.0714. The van der Waals surface area contributed by atoms with Gasteiger partial charge in [0.1, 0.15) is 17.3 Å². The van der Waals surface area contributed by atoms with Crippen molar-refractivity contribution in [3.8, 4) is 11.5 Å². The molecule has 0 unspecified atom stereocenters. The van der Waals surface area contributed by atoms with E-state index in [1.54, 1.807) is 18.2 Å². The number of carbonyl (C=O) groups is 1. The van der Waals surface area contributed by atoms with Crippen LogP contribution in [0.25, 0.3) is 0 Å². The first-order chi connectivity index (χ1) is 9.51. The molecule has 0 atom stereocenters. The van der Waals surface area contributed by atoms with E-state index in [0.29, 0.717) is 15.7 Å². The molecule has 2 aromatic rings. The molecule has 0 saturated heterocycles. The molecule has 0 aliphatic carbocycles. The summed E-state index contributed by atoms with van der Waals surface area (Å²) in [6.45, 7) is 0. The van der Waals surface area contributed by atoms with Gasteiger partial charge in [-0.15, -0.1) is 0 Å². The number of halogens is 2. The summed E-state index contributed by atoms with van der Waals surface area (Å²) in [4.78, 5) is 11.7. The maximum atomic E-state index is 13.5. The number of amides is 1. The molecule has 20 heavy (non-hydrogen) atoms. The molecule has 0 aliphatic heterocycles. The summed E-state index contributed by atoms with van der Waals surface area (Å²) in [7, 11) is 1.52. The summed E-state index contributed by atoms with van der Waals surface area (Å²) in [5.74, 6) is -0.210. The third-order valence-corrected chi connectivity index (χ3v) is 3.24. The number of hydrogen-bond donors (Lipinski definition) is 2. The molecule has 1 amide bonds. The molecule has 0 heterocycles. The van der Waals surface area contributed by atoms with E-state index in [-0.39, 0.29) is 17.4 Å². The Morgan fingerprint density at radius 3 is 2.70 bits per heavy atom. The summed E-state index contributed by atoms with van der Waals surface area (Å²) in [5.41, 5.74) is 6.46. The zero-order valence-corrected chi connectivity index (χ0v) is 12.2. The Morgan fingerprint density at radius 1 is 1.30 bits per heavy atom. The van der Waals surface area contributed by atoms with Crippen LogP contribution in [-0.2, 0) is 0 Å². The molecule has 0 fully saturated rings. The van der Waals surface area contributed by atoms with Gasteiger partial charge >= 0.3 is 0 Å². The number of benzene rings is 2. The Bertz CT molecular complexity index is 662. The number of carbonyl (C=O) groups excluding carboxylic acids is 1. The molecule has 104 valence electrons. The third kappa shape index (κ3) is 3.08. The van der Waals surface area contributed by atoms with E-state index in [1.807, 2.05) is 0 Å². The summed E-state index contributed by atoms with van der Waals surface area (Å²) in [5, 5.41) is 2.51. The lowest BCUT2D eigenvalue weighted by molar-refractivity contribution is 0.0961. The van der Waals surface area contributed by atoms with Crippen LogP contribution in [0.15, 0.2) is 40.9 Å². The number of nitrogen functional groups attached to an aromatic ring is 1. The van der Waals surface area contributed by atoms with Crippen LogP contribution >= 0.6 is 15.9 Å². The average Bonchev–Trinajstić information content (AvgIpc) is 2.42. The monoisotopic (exact) mass is 338 g/mol. The molecule has 0 aliphatic rings. The predicted molar refractivity (Wildman–Crippen MR) is 78.4 cm³/mol. The molecule has 0 aromatic heterocycles. The third-order valence-electron chi connectivity index (χ3n) is 2.60. The number of hydrogen-bond acceptors (Lipinski definition) is 3. The first kappa shape index (κ1) is 14.3. The molecule has 2 rings (SSSR count). The van der Waals surface area contributed by atoms with Crippen LogP contribution in [0.4, 0.5) is 10.1 Å². The van der Waals surface area contributed by atoms with Gasteiger partial charge in [-0.05, 0) is 40.2 Å². The van der Waals surface area contributed by atoms with E-state index in [0.717, 1.165) is 0 Å². The van der Waals surface area contributed by atoms with Crippen molar-refractivity contribution in [3.63, 3.8) is 0 Å². The van der Waals surface area contributed by atoms with Gasteiger partial charge < -0.3 is 15.8 Å². The quantitative estimate of drug-likeness (QED) is 0.843. The Morgan fingerprint density at radius 2 is 2.05 bits per heavy atom. The minimum absolute atomic E-state index is 0.270. The number of anilines is 1. The van der Waals surface area contributed by atoms with Crippen molar-refractivity contribution in [2.24, 2.45) is 0 Å². The number of nitrogens with one attached hydrogen (secondary N) is 1. The SMILES string of the molecule is CNC(=O)c1ccc(N)cc1Oc1ccc(Br)c(F)c1. The molecule has 2 aromatic carbocycles. The van der Waals surface area contributed by atoms with Gasteiger partial charge in [-0.3, -0.25) is 4.79 Å². The van der Waals surface area contributed by atoms with E-state index in [4.69, 9.17) is 10.5 Å². The summed E-state index contributed by atoms with van der Waals surface area (Å²) >= 11 is 3.06. The lowest BCUT2D eigenvalue weighted by Gasteiger charge is -2.11. The van der Waals surface area contributed by atoms with E-state index in [9.17, 15) is 9.18 Å². The van der Waals surface area contributed by atoms with Crippen molar-refractivity contribution < 1.29 is 13.9 Å². The molecule has 0 radical (unpaired) electrons. The van der Waals surface area contributed by atoms with Gasteiger partial charge in [-0.2, -0.15) is 0 Å². The van der Waals surface area contributed by atoms with E-state index < -0.39 is 5.82 Å². The second-order valence-electron chi connectivity index (χ2n) is 4.01. The maximum absolute atomic E-state index is 13.5. The van der Waals surface area contributed by atoms with E-state index >= 15 is 0 Å². The number of nitrogens with two attached hydrogens (primary N) is 1. The van der Waals surface area contributed by atoms with Crippen LogP contribution in [0.3, 0.4) is 0 Å². The predicted octanol–water partition coefficient (Wildman–Crippen LogP) is 3.32. The highest BCUT2D eigenvalue weighted by molar-refractivity contribution is 9.10. The van der Waals surface area contributed by atoms with Crippen molar-refractivity contribution >= 4 is 27.5 Å². The summed E-state index contributed by atoms with van der Waals surface area (Å²) in [6.07, 6.45) is 0. The first-order valence-electron chi connectivity index (χ1n) is 5.76. The highest BCUT2D eigenvalue weighted by Crippen LogP contribution is 2.29. The summed E-state index contributed by atoms with van der Waals surface area (Å²) in [6, 6.07) is 9.00. The van der Waals surface area contributed by atoms with Crippen LogP contribution in [0.1, 0.15) is 10.4 Å². The minimum Gasteiger partial charge on any atom is -0.456 e. The maximum Gasteiger partial charge on any atom is 0.254 e. The van der Waals surface area contributed by atoms with Gasteiger partial charge in [0.2, 0.25) is 0 Å². The smallest absolute Gasteiger partial charge is 0.254 e. The van der Waals surface area contributed by atoms with E-state index in [2.05, 4.69) is 21.2 Å². The van der Waals surface area contributed by atoms with Gasteiger partial charge in [0.05, 0.1) is 10.0 Å². The first-order valence-corrected chi connectivity index (χ1v) is 6.55. The summed E-state index contributed by atoms with van der Waals surface area (Å²) < 4.78 is 19.3. The fourth-order valence-electron chi connectivity index (χ4n) is 1.61. The molecule has 0 bridgehead atoms. The van der Waals surface area contributed by atoms with Gasteiger partial charge in [-0.1, -0.05) is 0 Å². The largest absolute Gasteiger partial charge is 0.456 e. The molecular formula is C14H12BrFN2O2. The van der Waals surface area contributed by atoms with Crippen molar-refractivity contribution in [3.05, 3.63) is 52.3 Å². The Hall–Kier alpha value is -2.08. The highest BCUT2D eigenvalue weighted by atomic mass is 79.9. The van der Waals surface area contributed by atoms with Crippen LogP contribution in [0, 0.1) is 5.82 Å². The van der Waals surface area contributed by atoms with Crippen molar-refractivity contribution in [2.75, 3.05) is 12.8 Å². The van der Waals surface area contributed by atoms with Gasteiger partial charge in [-0.25, -0.2) is 4.39 Å². The Labute approximate surface area is 123 Å². The van der Waals surface area contributed by atoms with Crippen LogP contribution in [0.5, 0.6) is 11.5 Å². The second-order valence-corrected chi connectivity index (χ2v) is 4.87. The molecule has 0 spiro atoms. The van der Waals surface area contributed by atoms with E-state index in [1.165, 1.54) is 25.2 Å². The molecule has 3 N–H and O–H groups in total. The molecule has 4 nitrogen and oxygen atoms in total. The van der Waals surface area contributed by atoms with Gasteiger partial charge in [0.15, 0.2) is 0 Å². The molecular weight excluding hydrogens is 327 g/mol. The average molecular weight is 339 g/mol. The zero-order valence-electron chi connectivity index (χ0n) is 10.6. The van der Waals surface area contributed by atoms with Crippen molar-refractivity contribution in [1.82, 2.24) is 5.32 Å². The second kappa shape index (κ2) is 5.92. The topological polar surface area (TPSA) is 64.4 Å². The lowest BCUT2D eigenvalue weighted by Crippen LogP contribution is -2.18. The number of ether oxygens (including phenoxy) is 1. The number of rotatable bonds is 3. The molecule has 6 heteroatoms. The fourth-order valence-corrected chi connectivity index (χ4v) is 1.86.